The number of imidazole rings is 1. The number of rotatable bonds is 4. The highest BCUT2D eigenvalue weighted by Gasteiger charge is 2.17. The van der Waals surface area contributed by atoms with Crippen molar-refractivity contribution in [1.29, 1.82) is 0 Å². The minimum atomic E-state index is -1.03. The van der Waals surface area contributed by atoms with E-state index >= 15 is 0 Å². The number of carboxylic acid groups (broad SMARTS) is 1. The van der Waals surface area contributed by atoms with Gasteiger partial charge in [-0.05, 0) is 0 Å². The lowest BCUT2D eigenvalue weighted by Gasteiger charge is -2.08. The van der Waals surface area contributed by atoms with Crippen LogP contribution < -0.4 is 0 Å². The maximum absolute atomic E-state index is 10.6. The molecule has 5 nitrogen and oxygen atoms in total. The third-order valence-corrected chi connectivity index (χ3v) is 1.49. The fourth-order valence-electron chi connectivity index (χ4n) is 0.895. The van der Waals surface area contributed by atoms with Gasteiger partial charge in [-0.3, -0.25) is 0 Å². The van der Waals surface area contributed by atoms with Gasteiger partial charge in [-0.1, -0.05) is 0 Å². The van der Waals surface area contributed by atoms with Crippen LogP contribution in [0.1, 0.15) is 12.5 Å². The molecular formula is C7H8N2O3. The van der Waals surface area contributed by atoms with Gasteiger partial charge >= 0.3 is 5.97 Å². The molecule has 1 atom stereocenters. The van der Waals surface area contributed by atoms with E-state index in [1.807, 2.05) is 0 Å². The van der Waals surface area contributed by atoms with Gasteiger partial charge in [0.05, 0.1) is 6.33 Å². The molecule has 0 aliphatic rings. The Morgan fingerprint density at radius 3 is 2.92 bits per heavy atom. The van der Waals surface area contributed by atoms with Crippen LogP contribution in [0.2, 0.25) is 0 Å². The van der Waals surface area contributed by atoms with Gasteiger partial charge in [0.1, 0.15) is 12.3 Å². The Bertz CT molecular complexity index is 268. The molecule has 1 N–H and O–H groups in total. The highest BCUT2D eigenvalue weighted by Crippen LogP contribution is 2.08. The van der Waals surface area contributed by atoms with Gasteiger partial charge in [0.2, 0.25) is 0 Å². The fourth-order valence-corrected chi connectivity index (χ4v) is 0.895. The second kappa shape index (κ2) is 3.66. The van der Waals surface area contributed by atoms with Crippen molar-refractivity contribution >= 4 is 12.3 Å². The number of aldehydes is 1. The summed E-state index contributed by atoms with van der Waals surface area (Å²) >= 11 is 0. The highest BCUT2D eigenvalue weighted by molar-refractivity contribution is 5.75. The average Bonchev–Trinajstić information content (AvgIpc) is 2.51. The first kappa shape index (κ1) is 8.45. The Morgan fingerprint density at radius 2 is 2.50 bits per heavy atom. The summed E-state index contributed by atoms with van der Waals surface area (Å²) in [4.78, 5) is 24.4. The Kier molecular flexibility index (Phi) is 2.57. The molecule has 0 saturated heterocycles. The van der Waals surface area contributed by atoms with Crippen LogP contribution in [0.15, 0.2) is 18.7 Å². The van der Waals surface area contributed by atoms with Crippen molar-refractivity contribution < 1.29 is 14.7 Å². The first-order valence-electron chi connectivity index (χ1n) is 3.39. The molecule has 0 spiro atoms. The zero-order chi connectivity index (χ0) is 8.97. The van der Waals surface area contributed by atoms with E-state index in [0.29, 0.717) is 6.29 Å². The van der Waals surface area contributed by atoms with Crippen LogP contribution in [0.3, 0.4) is 0 Å². The molecule has 1 aromatic rings. The van der Waals surface area contributed by atoms with Crippen molar-refractivity contribution in [3.8, 4) is 0 Å². The van der Waals surface area contributed by atoms with E-state index in [2.05, 4.69) is 4.98 Å². The van der Waals surface area contributed by atoms with Gasteiger partial charge in [0.25, 0.3) is 0 Å². The zero-order valence-corrected chi connectivity index (χ0v) is 6.25. The predicted molar refractivity (Wildman–Crippen MR) is 39.6 cm³/mol. The fraction of sp³-hybridized carbons (Fsp3) is 0.286. The summed E-state index contributed by atoms with van der Waals surface area (Å²) in [6.07, 6.45) is 4.91. The van der Waals surface area contributed by atoms with Crippen LogP contribution in [-0.4, -0.2) is 26.9 Å². The summed E-state index contributed by atoms with van der Waals surface area (Å²) < 4.78 is 1.39. The van der Waals surface area contributed by atoms with E-state index < -0.39 is 12.0 Å². The van der Waals surface area contributed by atoms with Crippen molar-refractivity contribution in [2.45, 2.75) is 12.5 Å². The van der Waals surface area contributed by atoms with Gasteiger partial charge in [-0.15, -0.1) is 0 Å². The molecule has 0 aliphatic carbocycles. The van der Waals surface area contributed by atoms with E-state index in [0.717, 1.165) is 0 Å². The van der Waals surface area contributed by atoms with Crippen LogP contribution in [-0.2, 0) is 9.59 Å². The number of nitrogens with zero attached hydrogens (tertiary/aromatic N) is 2. The normalized spacial score (nSPS) is 12.3. The van der Waals surface area contributed by atoms with E-state index in [1.165, 1.54) is 23.3 Å². The monoisotopic (exact) mass is 168 g/mol. The van der Waals surface area contributed by atoms with Crippen LogP contribution in [0.25, 0.3) is 0 Å². The summed E-state index contributed by atoms with van der Waals surface area (Å²) in [6.45, 7) is 0. The summed E-state index contributed by atoms with van der Waals surface area (Å²) in [5, 5.41) is 8.67. The smallest absolute Gasteiger partial charge is 0.327 e. The second-order valence-electron chi connectivity index (χ2n) is 2.27. The molecule has 64 valence electrons. The first-order chi connectivity index (χ1) is 5.75. The lowest BCUT2D eigenvalue weighted by Crippen LogP contribution is -2.18. The van der Waals surface area contributed by atoms with Crippen LogP contribution in [0.5, 0.6) is 0 Å². The number of carbonyl (C=O) groups excluding carboxylic acids is 1. The highest BCUT2D eigenvalue weighted by atomic mass is 16.4. The topological polar surface area (TPSA) is 72.2 Å². The van der Waals surface area contributed by atoms with Gasteiger partial charge < -0.3 is 14.5 Å². The number of hydrogen-bond acceptors (Lipinski definition) is 3. The summed E-state index contributed by atoms with van der Waals surface area (Å²) in [7, 11) is 0. The van der Waals surface area contributed by atoms with Gasteiger partial charge in [0.15, 0.2) is 0 Å². The average molecular weight is 168 g/mol. The van der Waals surface area contributed by atoms with Crippen molar-refractivity contribution in [2.75, 3.05) is 0 Å². The van der Waals surface area contributed by atoms with Gasteiger partial charge in [-0.25, -0.2) is 9.78 Å². The Balaban J connectivity index is 2.80. The number of aromatic nitrogens is 2. The number of aliphatic carboxylic acids is 1. The van der Waals surface area contributed by atoms with Crippen LogP contribution in [0.4, 0.5) is 0 Å². The van der Waals surface area contributed by atoms with E-state index in [-0.39, 0.29) is 6.42 Å². The molecule has 1 rings (SSSR count). The molecule has 0 bridgehead atoms. The Labute approximate surface area is 68.6 Å². The lowest BCUT2D eigenvalue weighted by molar-refractivity contribution is -0.141. The molecule has 0 fully saturated rings. The molecule has 12 heavy (non-hydrogen) atoms. The standard InChI is InChI=1S/C7H8N2O3/c10-4-1-6(7(11)12)9-3-2-8-5-9/h2-6H,1H2,(H,11,12). The van der Waals surface area contributed by atoms with Crippen molar-refractivity contribution in [3.63, 3.8) is 0 Å². The lowest BCUT2D eigenvalue weighted by atomic mass is 10.2. The molecule has 1 unspecified atom stereocenters. The van der Waals surface area contributed by atoms with Crippen LogP contribution >= 0.6 is 0 Å². The van der Waals surface area contributed by atoms with E-state index in [1.54, 1.807) is 0 Å². The van der Waals surface area contributed by atoms with E-state index in [4.69, 9.17) is 5.11 Å². The summed E-state index contributed by atoms with van der Waals surface area (Å²) in [5.41, 5.74) is 0. The molecule has 1 heterocycles. The number of carboxylic acids is 1. The van der Waals surface area contributed by atoms with E-state index in [9.17, 15) is 9.59 Å². The quantitative estimate of drug-likeness (QED) is 0.647. The molecule has 0 amide bonds. The third-order valence-electron chi connectivity index (χ3n) is 1.49. The minimum Gasteiger partial charge on any atom is -0.480 e. The minimum absolute atomic E-state index is 0.0360. The molecule has 0 saturated carbocycles. The molecule has 5 heteroatoms. The molecule has 0 aromatic carbocycles. The number of carbonyl (C=O) groups is 2. The summed E-state index contributed by atoms with van der Waals surface area (Å²) in [5.74, 6) is -1.03. The largest absolute Gasteiger partial charge is 0.480 e. The Hall–Kier alpha value is -1.65. The maximum Gasteiger partial charge on any atom is 0.327 e. The predicted octanol–water partition coefficient (Wildman–Crippen LogP) is 0.0978. The number of hydrogen-bond donors (Lipinski definition) is 1. The third kappa shape index (κ3) is 1.69. The first-order valence-corrected chi connectivity index (χ1v) is 3.39. The Morgan fingerprint density at radius 1 is 1.75 bits per heavy atom. The zero-order valence-electron chi connectivity index (χ0n) is 6.25. The molecule has 1 aromatic heterocycles. The maximum atomic E-state index is 10.6. The van der Waals surface area contributed by atoms with Crippen molar-refractivity contribution in [3.05, 3.63) is 18.7 Å². The molecule has 0 radical (unpaired) electrons. The van der Waals surface area contributed by atoms with Crippen molar-refractivity contribution in [1.82, 2.24) is 9.55 Å². The molecule has 0 aliphatic heterocycles. The van der Waals surface area contributed by atoms with Crippen molar-refractivity contribution in [2.24, 2.45) is 0 Å². The van der Waals surface area contributed by atoms with Gasteiger partial charge in [0, 0.05) is 18.8 Å². The van der Waals surface area contributed by atoms with Crippen LogP contribution in [0, 0.1) is 0 Å². The second-order valence-corrected chi connectivity index (χ2v) is 2.27. The molecular weight excluding hydrogens is 160 g/mol. The van der Waals surface area contributed by atoms with Gasteiger partial charge in [-0.2, -0.15) is 0 Å². The SMILES string of the molecule is O=CCC(C(=O)O)n1ccnc1. The summed E-state index contributed by atoms with van der Waals surface area (Å²) in [6, 6.07) is -0.829.